The number of aromatic nitrogens is 3. The van der Waals surface area contributed by atoms with Crippen molar-refractivity contribution in [1.82, 2.24) is 19.9 Å². The van der Waals surface area contributed by atoms with Gasteiger partial charge in [-0.25, -0.2) is 9.97 Å². The Morgan fingerprint density at radius 2 is 2.18 bits per heavy atom. The average molecular weight is 230 g/mol. The third-order valence-corrected chi connectivity index (χ3v) is 2.98. The van der Waals surface area contributed by atoms with Crippen LogP contribution in [-0.2, 0) is 6.42 Å². The van der Waals surface area contributed by atoms with E-state index < -0.39 is 0 Å². The van der Waals surface area contributed by atoms with Crippen LogP contribution >= 0.6 is 0 Å². The zero-order chi connectivity index (χ0) is 12.3. The molecule has 0 amide bonds. The third-order valence-electron chi connectivity index (χ3n) is 2.98. The summed E-state index contributed by atoms with van der Waals surface area (Å²) in [5.74, 6) is 2.00. The Balaban J connectivity index is 2.52. The fourth-order valence-corrected chi connectivity index (χ4v) is 1.89. The number of pyridine rings is 1. The summed E-state index contributed by atoms with van der Waals surface area (Å²) in [6.45, 7) is 4.23. The second-order valence-corrected chi connectivity index (χ2v) is 3.99. The maximum absolute atomic E-state index is 4.48. The molecule has 4 nitrogen and oxygen atoms in total. The predicted molar refractivity (Wildman–Crippen MR) is 68.2 cm³/mol. The molecular formula is C13H18N4. The Labute approximate surface area is 102 Å². The van der Waals surface area contributed by atoms with Crippen LogP contribution in [0.4, 0.5) is 0 Å². The Bertz CT molecular complexity index is 490. The Morgan fingerprint density at radius 1 is 1.35 bits per heavy atom. The number of hydrogen-bond donors (Lipinski definition) is 1. The molecule has 2 aromatic rings. The van der Waals surface area contributed by atoms with Crippen molar-refractivity contribution in [2.75, 3.05) is 7.05 Å². The van der Waals surface area contributed by atoms with Gasteiger partial charge in [-0.1, -0.05) is 13.0 Å². The highest BCUT2D eigenvalue weighted by molar-refractivity contribution is 5.37. The molecule has 4 heteroatoms. The molecule has 0 aromatic carbocycles. The standard InChI is InChI=1S/C13H18N4/c1-4-12-15-8-9-17(12)13-11(10(2)14-3)6-5-7-16-13/h5-10,14H,4H2,1-3H3. The number of nitrogens with zero attached hydrogens (tertiary/aromatic N) is 3. The van der Waals surface area contributed by atoms with Crippen LogP contribution in [0, 0.1) is 0 Å². The van der Waals surface area contributed by atoms with Gasteiger partial charge in [0.1, 0.15) is 11.6 Å². The van der Waals surface area contributed by atoms with Crippen LogP contribution in [-0.4, -0.2) is 21.6 Å². The van der Waals surface area contributed by atoms with Gasteiger partial charge in [0.2, 0.25) is 0 Å². The molecule has 2 aromatic heterocycles. The summed E-state index contributed by atoms with van der Waals surface area (Å²) in [6.07, 6.45) is 6.51. The van der Waals surface area contributed by atoms with E-state index in [9.17, 15) is 0 Å². The van der Waals surface area contributed by atoms with Crippen LogP contribution in [0.25, 0.3) is 5.82 Å². The molecule has 0 fully saturated rings. The predicted octanol–water partition coefficient (Wildman–Crippen LogP) is 2.11. The molecule has 17 heavy (non-hydrogen) atoms. The monoisotopic (exact) mass is 230 g/mol. The van der Waals surface area contributed by atoms with E-state index in [2.05, 4.69) is 39.8 Å². The van der Waals surface area contributed by atoms with Crippen molar-refractivity contribution in [3.8, 4) is 5.82 Å². The van der Waals surface area contributed by atoms with Gasteiger partial charge in [0.25, 0.3) is 0 Å². The lowest BCUT2D eigenvalue weighted by molar-refractivity contribution is 0.642. The maximum atomic E-state index is 4.48. The van der Waals surface area contributed by atoms with Crippen molar-refractivity contribution >= 4 is 0 Å². The van der Waals surface area contributed by atoms with E-state index in [1.165, 1.54) is 5.56 Å². The van der Waals surface area contributed by atoms with Crippen LogP contribution < -0.4 is 5.32 Å². The van der Waals surface area contributed by atoms with Crippen LogP contribution in [0.15, 0.2) is 30.7 Å². The fourth-order valence-electron chi connectivity index (χ4n) is 1.89. The first-order valence-corrected chi connectivity index (χ1v) is 5.92. The van der Waals surface area contributed by atoms with E-state index in [1.807, 2.05) is 31.7 Å². The molecule has 0 aliphatic rings. The van der Waals surface area contributed by atoms with Crippen LogP contribution in [0.5, 0.6) is 0 Å². The van der Waals surface area contributed by atoms with E-state index in [0.29, 0.717) is 0 Å². The van der Waals surface area contributed by atoms with Crippen molar-refractivity contribution in [3.63, 3.8) is 0 Å². The molecule has 2 rings (SSSR count). The van der Waals surface area contributed by atoms with Gasteiger partial charge in [-0.2, -0.15) is 0 Å². The first kappa shape index (κ1) is 11.8. The highest BCUT2D eigenvalue weighted by atomic mass is 15.1. The summed E-state index contributed by atoms with van der Waals surface area (Å²) in [6, 6.07) is 4.34. The lowest BCUT2D eigenvalue weighted by atomic mass is 10.1. The summed E-state index contributed by atoms with van der Waals surface area (Å²) in [7, 11) is 1.95. The molecule has 0 radical (unpaired) electrons. The molecule has 90 valence electrons. The topological polar surface area (TPSA) is 42.7 Å². The summed E-state index contributed by atoms with van der Waals surface area (Å²) in [4.78, 5) is 8.82. The molecule has 2 heterocycles. The molecule has 0 aliphatic carbocycles. The number of hydrogen-bond acceptors (Lipinski definition) is 3. The van der Waals surface area contributed by atoms with Gasteiger partial charge in [0.15, 0.2) is 0 Å². The number of aryl methyl sites for hydroxylation is 1. The molecule has 0 bridgehead atoms. The summed E-state index contributed by atoms with van der Waals surface area (Å²) < 4.78 is 2.06. The van der Waals surface area contributed by atoms with Crippen LogP contribution in [0.3, 0.4) is 0 Å². The van der Waals surface area contributed by atoms with Crippen molar-refractivity contribution in [1.29, 1.82) is 0 Å². The van der Waals surface area contributed by atoms with Crippen LogP contribution in [0.2, 0.25) is 0 Å². The molecule has 0 saturated heterocycles. The zero-order valence-electron chi connectivity index (χ0n) is 10.5. The molecule has 1 atom stereocenters. The highest BCUT2D eigenvalue weighted by Gasteiger charge is 2.13. The highest BCUT2D eigenvalue weighted by Crippen LogP contribution is 2.20. The average Bonchev–Trinajstić information content (AvgIpc) is 2.86. The minimum Gasteiger partial charge on any atom is -0.313 e. The quantitative estimate of drug-likeness (QED) is 0.874. The Kier molecular flexibility index (Phi) is 3.54. The first-order valence-electron chi connectivity index (χ1n) is 5.92. The van der Waals surface area contributed by atoms with Gasteiger partial charge in [0.05, 0.1) is 0 Å². The second kappa shape index (κ2) is 5.10. The van der Waals surface area contributed by atoms with E-state index in [4.69, 9.17) is 0 Å². The molecule has 1 N–H and O–H groups in total. The molecule has 0 aliphatic heterocycles. The van der Waals surface area contributed by atoms with E-state index in [-0.39, 0.29) is 6.04 Å². The zero-order valence-corrected chi connectivity index (χ0v) is 10.5. The lowest BCUT2D eigenvalue weighted by Crippen LogP contribution is -2.16. The number of nitrogens with one attached hydrogen (secondary N) is 1. The minimum atomic E-state index is 0.269. The SMILES string of the molecule is CCc1nccn1-c1ncccc1C(C)NC. The van der Waals surface area contributed by atoms with Crippen molar-refractivity contribution in [3.05, 3.63) is 42.1 Å². The molecular weight excluding hydrogens is 212 g/mol. The fraction of sp³-hybridized carbons (Fsp3) is 0.385. The lowest BCUT2D eigenvalue weighted by Gasteiger charge is -2.16. The largest absolute Gasteiger partial charge is 0.313 e. The van der Waals surface area contributed by atoms with Gasteiger partial charge < -0.3 is 5.32 Å². The molecule has 1 unspecified atom stereocenters. The van der Waals surface area contributed by atoms with Gasteiger partial charge in [-0.15, -0.1) is 0 Å². The smallest absolute Gasteiger partial charge is 0.142 e. The van der Waals surface area contributed by atoms with Gasteiger partial charge >= 0.3 is 0 Å². The van der Waals surface area contributed by atoms with E-state index >= 15 is 0 Å². The molecule has 0 spiro atoms. The summed E-state index contributed by atoms with van der Waals surface area (Å²) in [5, 5.41) is 3.25. The van der Waals surface area contributed by atoms with E-state index in [0.717, 1.165) is 18.1 Å². The number of imidazole rings is 1. The van der Waals surface area contributed by atoms with Gasteiger partial charge in [-0.05, 0) is 20.0 Å². The Hall–Kier alpha value is -1.68. The van der Waals surface area contributed by atoms with Crippen molar-refractivity contribution in [2.45, 2.75) is 26.3 Å². The second-order valence-electron chi connectivity index (χ2n) is 3.99. The normalized spacial score (nSPS) is 12.6. The van der Waals surface area contributed by atoms with E-state index in [1.54, 1.807) is 0 Å². The Morgan fingerprint density at radius 3 is 2.88 bits per heavy atom. The van der Waals surface area contributed by atoms with Gasteiger partial charge in [0, 0.05) is 36.6 Å². The molecule has 0 saturated carbocycles. The number of rotatable bonds is 4. The minimum absolute atomic E-state index is 0.269. The third kappa shape index (κ3) is 2.22. The summed E-state index contributed by atoms with van der Waals surface area (Å²) >= 11 is 0. The van der Waals surface area contributed by atoms with Crippen molar-refractivity contribution < 1.29 is 0 Å². The van der Waals surface area contributed by atoms with Crippen LogP contribution in [0.1, 0.15) is 31.3 Å². The first-order chi connectivity index (χ1) is 8.27. The van der Waals surface area contributed by atoms with Crippen molar-refractivity contribution in [2.24, 2.45) is 0 Å². The maximum Gasteiger partial charge on any atom is 0.142 e. The summed E-state index contributed by atoms with van der Waals surface area (Å²) in [5.41, 5.74) is 1.18. The van der Waals surface area contributed by atoms with Gasteiger partial charge in [-0.3, -0.25) is 4.57 Å².